The topological polar surface area (TPSA) is 0 Å². The molecule has 0 heteroatoms. The van der Waals surface area contributed by atoms with Crippen LogP contribution in [0.4, 0.5) is 0 Å². The highest BCUT2D eigenvalue weighted by atomic mass is 14.1. The summed E-state index contributed by atoms with van der Waals surface area (Å²) < 4.78 is 0. The van der Waals surface area contributed by atoms with Gasteiger partial charge in [0.1, 0.15) is 0 Å². The summed E-state index contributed by atoms with van der Waals surface area (Å²) in [6.45, 7) is 8.50. The van der Waals surface area contributed by atoms with Gasteiger partial charge in [0, 0.05) is 0 Å². The Hall–Kier alpha value is -1.82. The molecule has 0 heterocycles. The molecular formula is C22H32. The van der Waals surface area contributed by atoms with Crippen LogP contribution in [-0.4, -0.2) is 0 Å². The predicted octanol–water partition coefficient (Wildman–Crippen LogP) is 7.42. The van der Waals surface area contributed by atoms with E-state index in [4.69, 9.17) is 0 Å². The van der Waals surface area contributed by atoms with Crippen LogP contribution in [0.2, 0.25) is 0 Å². The Morgan fingerprint density at radius 2 is 0.773 bits per heavy atom. The van der Waals surface area contributed by atoms with Crippen molar-refractivity contribution in [1.29, 1.82) is 0 Å². The normalized spacial score (nSPS) is 9.45. The molecule has 0 amide bonds. The van der Waals surface area contributed by atoms with Gasteiger partial charge in [0.25, 0.3) is 0 Å². The van der Waals surface area contributed by atoms with Crippen molar-refractivity contribution in [1.82, 2.24) is 0 Å². The van der Waals surface area contributed by atoms with Crippen LogP contribution in [0.3, 0.4) is 0 Å². The largest absolute Gasteiger partial charge is 0.0776 e. The van der Waals surface area contributed by atoms with Crippen LogP contribution in [0.25, 0.3) is 21.5 Å². The summed E-state index contributed by atoms with van der Waals surface area (Å²) in [5, 5.41) is 5.71. The van der Waals surface area contributed by atoms with E-state index in [2.05, 4.69) is 62.4 Å². The lowest BCUT2D eigenvalue weighted by Crippen LogP contribution is -1.93. The van der Waals surface area contributed by atoms with Gasteiger partial charge in [-0.15, -0.1) is 0 Å². The number of fused-ring (bicyclic) bond motifs is 2. The van der Waals surface area contributed by atoms with Crippen molar-refractivity contribution in [3.63, 3.8) is 0 Å². The molecule has 0 saturated heterocycles. The summed E-state index contributed by atoms with van der Waals surface area (Å²) in [4.78, 5) is 0. The maximum absolute atomic E-state index is 2.26. The van der Waals surface area contributed by atoms with Gasteiger partial charge in [-0.1, -0.05) is 91.1 Å². The highest BCUT2D eigenvalue weighted by Crippen LogP contribution is 2.33. The highest BCUT2D eigenvalue weighted by molar-refractivity contribution is 6.05. The molecular weight excluding hydrogens is 264 g/mol. The molecule has 0 aliphatic heterocycles. The molecule has 3 aromatic carbocycles. The molecule has 0 aliphatic carbocycles. The molecule has 22 heavy (non-hydrogen) atoms. The van der Waals surface area contributed by atoms with E-state index in [1.165, 1.54) is 32.7 Å². The fourth-order valence-corrected chi connectivity index (χ4v) is 3.07. The Labute approximate surface area is 137 Å². The molecule has 120 valence electrons. The Bertz CT molecular complexity index is 589. The van der Waals surface area contributed by atoms with Crippen LogP contribution in [0, 0.1) is 0 Å². The third kappa shape index (κ3) is 3.32. The van der Waals surface area contributed by atoms with Crippen molar-refractivity contribution >= 4 is 21.5 Å². The van der Waals surface area contributed by atoms with Crippen molar-refractivity contribution < 1.29 is 0 Å². The molecule has 0 spiro atoms. The van der Waals surface area contributed by atoms with E-state index in [-0.39, 0.29) is 14.9 Å². The minimum atomic E-state index is 0. The highest BCUT2D eigenvalue weighted by Gasteiger charge is 2.10. The zero-order valence-electron chi connectivity index (χ0n) is 13.0. The smallest absolute Gasteiger partial charge is 0.0143 e. The van der Waals surface area contributed by atoms with Gasteiger partial charge in [0.2, 0.25) is 0 Å². The van der Waals surface area contributed by atoms with Crippen molar-refractivity contribution in [2.24, 2.45) is 0 Å². The molecule has 0 aromatic heterocycles. The first-order chi connectivity index (χ1) is 9.86. The lowest BCUT2D eigenvalue weighted by atomic mass is 9.90. The Morgan fingerprint density at radius 3 is 0.955 bits per heavy atom. The summed E-state index contributed by atoms with van der Waals surface area (Å²) in [7, 11) is 0. The standard InChI is InChI=1S/C18H18.C2H6.2CH4/c1-3-13-15-9-5-7-11-17(15)14(4-2)18-12-8-6-10-16(13)18;1-2;;/h5-12H,3-4H2,1-2H3;1-2H3;2*1H4. The molecule has 0 atom stereocenters. The fourth-order valence-electron chi connectivity index (χ4n) is 3.07. The molecule has 0 fully saturated rings. The van der Waals surface area contributed by atoms with E-state index in [9.17, 15) is 0 Å². The number of benzene rings is 3. The quantitative estimate of drug-likeness (QED) is 0.432. The molecule has 3 aromatic rings. The summed E-state index contributed by atoms with van der Waals surface area (Å²) in [6.07, 6.45) is 2.18. The summed E-state index contributed by atoms with van der Waals surface area (Å²) in [5.74, 6) is 0. The number of aryl methyl sites for hydroxylation is 2. The maximum Gasteiger partial charge on any atom is -0.0143 e. The zero-order chi connectivity index (χ0) is 14.5. The van der Waals surface area contributed by atoms with E-state index in [0.717, 1.165) is 12.8 Å². The SMILES string of the molecule is C.C.CC.CCc1c2ccccc2c(CC)c2ccccc12. The van der Waals surface area contributed by atoms with Crippen molar-refractivity contribution in [2.75, 3.05) is 0 Å². The number of rotatable bonds is 2. The van der Waals surface area contributed by atoms with Gasteiger partial charge in [-0.2, -0.15) is 0 Å². The Morgan fingerprint density at radius 1 is 0.545 bits per heavy atom. The number of hydrogen-bond donors (Lipinski definition) is 0. The van der Waals surface area contributed by atoms with Gasteiger partial charge in [0.05, 0.1) is 0 Å². The maximum atomic E-state index is 2.26. The van der Waals surface area contributed by atoms with E-state index in [0.29, 0.717) is 0 Å². The first kappa shape index (κ1) is 20.2. The minimum absolute atomic E-state index is 0. The molecule has 0 aliphatic rings. The van der Waals surface area contributed by atoms with Crippen LogP contribution in [0.5, 0.6) is 0 Å². The third-order valence-corrected chi connectivity index (χ3v) is 3.86. The lowest BCUT2D eigenvalue weighted by Gasteiger charge is -2.14. The van der Waals surface area contributed by atoms with Crippen molar-refractivity contribution in [3.8, 4) is 0 Å². The van der Waals surface area contributed by atoms with Gasteiger partial charge in [-0.25, -0.2) is 0 Å². The van der Waals surface area contributed by atoms with Gasteiger partial charge in [-0.3, -0.25) is 0 Å². The minimum Gasteiger partial charge on any atom is -0.0776 e. The van der Waals surface area contributed by atoms with Gasteiger partial charge >= 0.3 is 0 Å². The predicted molar refractivity (Wildman–Crippen MR) is 105 cm³/mol. The second kappa shape index (κ2) is 9.25. The van der Waals surface area contributed by atoms with E-state index < -0.39 is 0 Å². The first-order valence-electron chi connectivity index (χ1n) is 7.78. The molecule has 0 N–H and O–H groups in total. The summed E-state index contributed by atoms with van der Waals surface area (Å²) in [6, 6.07) is 17.6. The molecule has 0 unspecified atom stereocenters. The average Bonchev–Trinajstić information content (AvgIpc) is 2.54. The summed E-state index contributed by atoms with van der Waals surface area (Å²) in [5.41, 5.74) is 2.97. The summed E-state index contributed by atoms with van der Waals surface area (Å²) >= 11 is 0. The average molecular weight is 296 g/mol. The third-order valence-electron chi connectivity index (χ3n) is 3.86. The molecule has 0 bridgehead atoms. The van der Waals surface area contributed by atoms with Gasteiger partial charge in [-0.05, 0) is 45.5 Å². The second-order valence-corrected chi connectivity index (χ2v) is 4.76. The fraction of sp³-hybridized carbons (Fsp3) is 0.364. The molecule has 0 nitrogen and oxygen atoms in total. The first-order valence-corrected chi connectivity index (χ1v) is 7.78. The van der Waals surface area contributed by atoms with Crippen molar-refractivity contribution in [3.05, 3.63) is 59.7 Å². The molecule has 0 saturated carbocycles. The molecule has 3 rings (SSSR count). The van der Waals surface area contributed by atoms with Crippen LogP contribution < -0.4 is 0 Å². The molecule has 0 radical (unpaired) electrons. The van der Waals surface area contributed by atoms with Crippen LogP contribution in [0.15, 0.2) is 48.5 Å². The van der Waals surface area contributed by atoms with E-state index >= 15 is 0 Å². The van der Waals surface area contributed by atoms with E-state index in [1.54, 1.807) is 0 Å². The van der Waals surface area contributed by atoms with Crippen LogP contribution in [-0.2, 0) is 12.8 Å². The monoisotopic (exact) mass is 296 g/mol. The van der Waals surface area contributed by atoms with Crippen LogP contribution >= 0.6 is 0 Å². The Balaban J connectivity index is 0.00000106. The Kier molecular flexibility index (Phi) is 8.48. The van der Waals surface area contributed by atoms with Gasteiger partial charge < -0.3 is 0 Å². The van der Waals surface area contributed by atoms with Crippen molar-refractivity contribution in [2.45, 2.75) is 55.4 Å². The van der Waals surface area contributed by atoms with E-state index in [1.807, 2.05) is 13.8 Å². The van der Waals surface area contributed by atoms with Crippen LogP contribution in [0.1, 0.15) is 53.7 Å². The second-order valence-electron chi connectivity index (χ2n) is 4.76. The van der Waals surface area contributed by atoms with Gasteiger partial charge in [0.15, 0.2) is 0 Å². The lowest BCUT2D eigenvalue weighted by molar-refractivity contribution is 1.15. The number of hydrogen-bond acceptors (Lipinski definition) is 0. The zero-order valence-corrected chi connectivity index (χ0v) is 13.0.